The van der Waals surface area contributed by atoms with Crippen molar-refractivity contribution >= 4 is 43.5 Å². The van der Waals surface area contributed by atoms with Crippen LogP contribution in [0, 0.1) is 5.82 Å². The van der Waals surface area contributed by atoms with Crippen LogP contribution in [0.4, 0.5) is 10.1 Å². The van der Waals surface area contributed by atoms with Crippen LogP contribution in [0.25, 0.3) is 0 Å². The quantitative estimate of drug-likeness (QED) is 0.330. The second-order valence-electron chi connectivity index (χ2n) is 8.95. The van der Waals surface area contributed by atoms with Gasteiger partial charge in [0.1, 0.15) is 18.4 Å². The molecule has 0 aliphatic heterocycles. The highest BCUT2D eigenvalue weighted by Crippen LogP contribution is 2.25. The van der Waals surface area contributed by atoms with Crippen molar-refractivity contribution in [2.45, 2.75) is 50.7 Å². The number of hydrogen-bond donors (Lipinski definition) is 1. The number of rotatable bonds is 11. The lowest BCUT2D eigenvalue weighted by molar-refractivity contribution is -0.139. The first-order valence-corrected chi connectivity index (χ1v) is 14.4. The van der Waals surface area contributed by atoms with E-state index in [2.05, 4.69) is 21.2 Å². The van der Waals surface area contributed by atoms with Gasteiger partial charge < -0.3 is 10.2 Å². The van der Waals surface area contributed by atoms with Gasteiger partial charge in [0, 0.05) is 17.1 Å². The molecule has 0 saturated carbocycles. The average Bonchev–Trinajstić information content (AvgIpc) is 2.90. The van der Waals surface area contributed by atoms with Gasteiger partial charge in [0.05, 0.1) is 10.6 Å². The predicted octanol–water partition coefficient (Wildman–Crippen LogP) is 5.12. The van der Waals surface area contributed by atoms with Crippen LogP contribution in [0.5, 0.6) is 0 Å². The average molecular weight is 605 g/mol. The van der Waals surface area contributed by atoms with Crippen LogP contribution in [-0.4, -0.2) is 43.8 Å². The lowest BCUT2D eigenvalue weighted by Gasteiger charge is -2.32. The van der Waals surface area contributed by atoms with Gasteiger partial charge in [-0.25, -0.2) is 12.8 Å². The summed E-state index contributed by atoms with van der Waals surface area (Å²) in [5.41, 5.74) is 0.887. The largest absolute Gasteiger partial charge is 0.352 e. The van der Waals surface area contributed by atoms with Crippen molar-refractivity contribution in [2.75, 3.05) is 10.8 Å². The van der Waals surface area contributed by atoms with Gasteiger partial charge in [-0.3, -0.25) is 13.9 Å². The monoisotopic (exact) mass is 603 g/mol. The Morgan fingerprint density at radius 1 is 0.974 bits per heavy atom. The Morgan fingerprint density at radius 3 is 2.24 bits per heavy atom. The summed E-state index contributed by atoms with van der Waals surface area (Å²) in [6.45, 7) is 4.91. The van der Waals surface area contributed by atoms with Crippen molar-refractivity contribution in [3.05, 3.63) is 94.7 Å². The molecule has 7 nitrogen and oxygen atoms in total. The standard InChI is InChI=1S/C28H31BrFN3O4S/c1-4-20(2)31-28(35)21(3)32(18-22-9-8-10-23(29)17-22)27(34)19-33(25-15-13-24(30)14-16-25)38(36,37)26-11-6-5-7-12-26/h5-17,20-21H,4,18-19H2,1-3H3,(H,31,35)/t20-,21-/m1/s1. The van der Waals surface area contributed by atoms with E-state index in [1.54, 1.807) is 25.1 Å². The zero-order chi connectivity index (χ0) is 27.9. The zero-order valence-electron chi connectivity index (χ0n) is 21.5. The summed E-state index contributed by atoms with van der Waals surface area (Å²) in [7, 11) is -4.19. The molecule has 0 fully saturated rings. The minimum Gasteiger partial charge on any atom is -0.352 e. The zero-order valence-corrected chi connectivity index (χ0v) is 23.9. The molecule has 0 unspecified atom stereocenters. The maximum Gasteiger partial charge on any atom is 0.264 e. The number of nitrogens with zero attached hydrogens (tertiary/aromatic N) is 2. The fourth-order valence-electron chi connectivity index (χ4n) is 3.74. The third-order valence-electron chi connectivity index (χ3n) is 6.13. The van der Waals surface area contributed by atoms with Gasteiger partial charge in [-0.05, 0) is 74.4 Å². The van der Waals surface area contributed by atoms with Gasteiger partial charge in [-0.2, -0.15) is 0 Å². The van der Waals surface area contributed by atoms with Gasteiger partial charge in [0.15, 0.2) is 0 Å². The molecule has 202 valence electrons. The van der Waals surface area contributed by atoms with E-state index in [1.165, 1.54) is 29.2 Å². The summed E-state index contributed by atoms with van der Waals surface area (Å²) in [5, 5.41) is 2.89. The number of carbonyl (C=O) groups is 2. The molecule has 0 saturated heterocycles. The number of sulfonamides is 1. The Balaban J connectivity index is 2.01. The van der Waals surface area contributed by atoms with Crippen LogP contribution in [-0.2, 0) is 26.2 Å². The minimum atomic E-state index is -4.19. The lowest BCUT2D eigenvalue weighted by Crippen LogP contribution is -2.52. The van der Waals surface area contributed by atoms with E-state index in [-0.39, 0.29) is 29.1 Å². The van der Waals surface area contributed by atoms with Gasteiger partial charge in [-0.15, -0.1) is 0 Å². The number of benzene rings is 3. The molecule has 38 heavy (non-hydrogen) atoms. The number of anilines is 1. The SMILES string of the molecule is CC[C@@H](C)NC(=O)[C@@H](C)N(Cc1cccc(Br)c1)C(=O)CN(c1ccc(F)cc1)S(=O)(=O)c1ccccc1. The molecule has 0 bridgehead atoms. The Hall–Kier alpha value is -3.24. The van der Waals surface area contributed by atoms with Crippen molar-refractivity contribution in [1.29, 1.82) is 0 Å². The van der Waals surface area contributed by atoms with Gasteiger partial charge in [-0.1, -0.05) is 53.2 Å². The van der Waals surface area contributed by atoms with Crippen molar-refractivity contribution in [1.82, 2.24) is 10.2 Å². The van der Waals surface area contributed by atoms with E-state index < -0.39 is 34.3 Å². The van der Waals surface area contributed by atoms with Crippen molar-refractivity contribution in [3.8, 4) is 0 Å². The Morgan fingerprint density at radius 2 is 1.63 bits per heavy atom. The van der Waals surface area contributed by atoms with Crippen LogP contribution in [0.1, 0.15) is 32.8 Å². The summed E-state index contributed by atoms with van der Waals surface area (Å²) in [6, 6.07) is 18.9. The molecule has 10 heteroatoms. The van der Waals surface area contributed by atoms with Crippen LogP contribution < -0.4 is 9.62 Å². The van der Waals surface area contributed by atoms with Crippen molar-refractivity contribution in [2.24, 2.45) is 0 Å². The van der Waals surface area contributed by atoms with Crippen molar-refractivity contribution in [3.63, 3.8) is 0 Å². The van der Waals surface area contributed by atoms with Crippen LogP contribution in [0.15, 0.2) is 88.2 Å². The molecule has 0 aromatic heterocycles. The van der Waals surface area contributed by atoms with Gasteiger partial charge in [0.2, 0.25) is 11.8 Å². The molecule has 3 rings (SSSR count). The number of carbonyl (C=O) groups excluding carboxylic acids is 2. The van der Waals surface area contributed by atoms with Gasteiger partial charge >= 0.3 is 0 Å². The van der Waals surface area contributed by atoms with E-state index in [4.69, 9.17) is 0 Å². The highest BCUT2D eigenvalue weighted by atomic mass is 79.9. The smallest absolute Gasteiger partial charge is 0.264 e. The van der Waals surface area contributed by atoms with E-state index in [0.717, 1.165) is 26.5 Å². The third kappa shape index (κ3) is 7.41. The summed E-state index contributed by atoms with van der Waals surface area (Å²) < 4.78 is 42.7. The van der Waals surface area contributed by atoms with E-state index in [0.29, 0.717) is 6.42 Å². The number of amides is 2. The summed E-state index contributed by atoms with van der Waals surface area (Å²) >= 11 is 3.42. The fraction of sp³-hybridized carbons (Fsp3) is 0.286. The third-order valence-corrected chi connectivity index (χ3v) is 8.42. The predicted molar refractivity (Wildman–Crippen MR) is 149 cm³/mol. The first-order chi connectivity index (χ1) is 18.0. The molecule has 3 aromatic rings. The normalized spacial score (nSPS) is 12.9. The summed E-state index contributed by atoms with van der Waals surface area (Å²) in [6.07, 6.45) is 0.714. The molecule has 3 aromatic carbocycles. The maximum absolute atomic E-state index is 13.8. The number of halogens is 2. The highest BCUT2D eigenvalue weighted by molar-refractivity contribution is 9.10. The second kappa shape index (κ2) is 13.0. The summed E-state index contributed by atoms with van der Waals surface area (Å²) in [4.78, 5) is 28.2. The maximum atomic E-state index is 13.8. The number of hydrogen-bond acceptors (Lipinski definition) is 4. The molecular weight excluding hydrogens is 573 g/mol. The molecule has 0 heterocycles. The molecular formula is C28H31BrFN3O4S. The molecule has 1 N–H and O–H groups in total. The van der Waals surface area contributed by atoms with Gasteiger partial charge in [0.25, 0.3) is 10.0 Å². The van der Waals surface area contributed by atoms with Crippen LogP contribution in [0.2, 0.25) is 0 Å². The van der Waals surface area contributed by atoms with Crippen LogP contribution >= 0.6 is 15.9 Å². The Kier molecular flexibility index (Phi) is 10.0. The molecule has 2 amide bonds. The first-order valence-electron chi connectivity index (χ1n) is 12.2. The molecule has 0 radical (unpaired) electrons. The minimum absolute atomic E-state index is 0.0155. The summed E-state index contributed by atoms with van der Waals surface area (Å²) in [5.74, 6) is -1.47. The Bertz CT molecular complexity index is 1350. The molecule has 0 aliphatic carbocycles. The molecule has 0 spiro atoms. The molecule has 0 aliphatic rings. The van der Waals surface area contributed by atoms with E-state index >= 15 is 0 Å². The van der Waals surface area contributed by atoms with E-state index in [9.17, 15) is 22.4 Å². The lowest BCUT2D eigenvalue weighted by atomic mass is 10.1. The fourth-order valence-corrected chi connectivity index (χ4v) is 5.62. The first kappa shape index (κ1) is 29.3. The highest BCUT2D eigenvalue weighted by Gasteiger charge is 2.32. The van der Waals surface area contributed by atoms with Crippen molar-refractivity contribution < 1.29 is 22.4 Å². The second-order valence-corrected chi connectivity index (χ2v) is 11.7. The number of nitrogens with one attached hydrogen (secondary N) is 1. The van der Waals surface area contributed by atoms with Crippen LogP contribution in [0.3, 0.4) is 0 Å². The van der Waals surface area contributed by atoms with E-state index in [1.807, 2.05) is 38.1 Å². The molecule has 2 atom stereocenters. The Labute approximate surface area is 231 Å². The topological polar surface area (TPSA) is 86.8 Å².